The largest absolute Gasteiger partial charge is 0.495 e. The van der Waals surface area contributed by atoms with Crippen LogP contribution in [0.1, 0.15) is 96.6 Å². The van der Waals surface area contributed by atoms with E-state index < -0.39 is 5.51 Å². The molecule has 0 saturated heterocycles. The van der Waals surface area contributed by atoms with Crippen LogP contribution in [0.15, 0.2) is 41.3 Å². The number of halogens is 3. The number of aldehydes is 1. The van der Waals surface area contributed by atoms with Crippen LogP contribution in [0.5, 0.6) is 5.75 Å². The summed E-state index contributed by atoms with van der Waals surface area (Å²) < 4.78 is 47.4. The predicted molar refractivity (Wildman–Crippen MR) is 194 cm³/mol. The highest BCUT2D eigenvalue weighted by Gasteiger charge is 2.33. The highest BCUT2D eigenvalue weighted by Crippen LogP contribution is 2.41. The number of aromatic nitrogens is 2. The lowest BCUT2D eigenvalue weighted by molar-refractivity contribution is -0.0327. The van der Waals surface area contributed by atoms with Crippen molar-refractivity contribution in [3.05, 3.63) is 47.7 Å². The number of alkyl halides is 3. The molecule has 1 atom stereocenters. The first-order valence-corrected chi connectivity index (χ1v) is 17.2. The summed E-state index contributed by atoms with van der Waals surface area (Å²) in [6, 6.07) is 10.3. The molecular formula is C36H56F3N5O2S. The number of hydrogen-bond acceptors (Lipinski definition) is 7. The van der Waals surface area contributed by atoms with E-state index in [0.29, 0.717) is 40.5 Å². The molecule has 2 heterocycles. The van der Waals surface area contributed by atoms with Gasteiger partial charge in [0, 0.05) is 11.6 Å². The van der Waals surface area contributed by atoms with Crippen LogP contribution in [0.25, 0.3) is 5.52 Å². The van der Waals surface area contributed by atoms with E-state index in [-0.39, 0.29) is 34.9 Å². The van der Waals surface area contributed by atoms with Crippen LogP contribution in [0.2, 0.25) is 0 Å². The average molecular weight is 680 g/mol. The Morgan fingerprint density at radius 1 is 1.09 bits per heavy atom. The zero-order valence-corrected chi connectivity index (χ0v) is 31.0. The quantitative estimate of drug-likeness (QED) is 0.0807. The number of thioether (sulfide) groups is 1. The van der Waals surface area contributed by atoms with E-state index in [1.165, 1.54) is 11.6 Å². The number of ether oxygens (including phenoxy) is 1. The van der Waals surface area contributed by atoms with Gasteiger partial charge in [0.1, 0.15) is 23.5 Å². The fourth-order valence-electron chi connectivity index (χ4n) is 4.32. The standard InChI is InChI=1S/C29H35F3N4O2S.C3H9N.2C2H6/c1-5-6-7-10-22(17-20(2)3)34-27-13-8-12-25-28(39-29(30,31)32)24(35-36(25)27)11-9-16-33-23-15-14-21(19-37)18-26(23)38-4;1-4(2)3;2*1-2/h8,12-15,18-20,22,33-34H,5-7,10,16-17H2,1-4H3;1-3H3;2*1-2H3. The van der Waals surface area contributed by atoms with Crippen molar-refractivity contribution < 1.29 is 22.7 Å². The summed E-state index contributed by atoms with van der Waals surface area (Å²) in [5, 5.41) is 11.1. The highest BCUT2D eigenvalue weighted by atomic mass is 32.2. The summed E-state index contributed by atoms with van der Waals surface area (Å²) in [5.41, 5.74) is -3.00. The van der Waals surface area contributed by atoms with Gasteiger partial charge in [0.15, 0.2) is 0 Å². The lowest BCUT2D eigenvalue weighted by atomic mass is 9.98. The van der Waals surface area contributed by atoms with Crippen molar-refractivity contribution in [3.8, 4) is 17.6 Å². The van der Waals surface area contributed by atoms with E-state index in [0.717, 1.165) is 32.1 Å². The smallest absolute Gasteiger partial charge is 0.446 e. The molecule has 3 rings (SSSR count). The number of carbonyl (C=O) groups excluding carboxylic acids is 1. The van der Waals surface area contributed by atoms with Crippen molar-refractivity contribution in [1.82, 2.24) is 14.5 Å². The molecule has 0 aliphatic rings. The van der Waals surface area contributed by atoms with E-state index in [9.17, 15) is 18.0 Å². The van der Waals surface area contributed by atoms with E-state index >= 15 is 0 Å². The Hall–Kier alpha value is -3.36. The van der Waals surface area contributed by atoms with Crippen molar-refractivity contribution in [2.24, 2.45) is 5.92 Å². The molecule has 0 fully saturated rings. The molecule has 0 aliphatic heterocycles. The maximum atomic E-state index is 13.5. The molecule has 0 aliphatic carbocycles. The first-order chi connectivity index (χ1) is 22.4. The highest BCUT2D eigenvalue weighted by molar-refractivity contribution is 8.00. The minimum Gasteiger partial charge on any atom is -0.495 e. The number of rotatable bonds is 13. The second-order valence-electron chi connectivity index (χ2n) is 11.0. The second-order valence-corrected chi connectivity index (χ2v) is 12.1. The van der Waals surface area contributed by atoms with Gasteiger partial charge in [-0.05, 0) is 87.9 Å². The summed E-state index contributed by atoms with van der Waals surface area (Å²) in [7, 11) is 7.49. The maximum Gasteiger partial charge on any atom is 0.446 e. The van der Waals surface area contributed by atoms with Crippen LogP contribution in [0, 0.1) is 17.8 Å². The van der Waals surface area contributed by atoms with Gasteiger partial charge in [0.25, 0.3) is 0 Å². The molecule has 47 heavy (non-hydrogen) atoms. The second kappa shape index (κ2) is 23.9. The number of benzene rings is 1. The Morgan fingerprint density at radius 2 is 1.74 bits per heavy atom. The van der Waals surface area contributed by atoms with Gasteiger partial charge in [-0.2, -0.15) is 18.3 Å². The lowest BCUT2D eigenvalue weighted by Gasteiger charge is -2.22. The number of carbonyl (C=O) groups is 1. The number of unbranched alkanes of at least 4 members (excludes halogenated alkanes) is 2. The minimum atomic E-state index is -4.49. The van der Waals surface area contributed by atoms with Gasteiger partial charge >= 0.3 is 5.51 Å². The third-order valence-corrected chi connectivity index (χ3v) is 6.87. The van der Waals surface area contributed by atoms with E-state index in [1.807, 2.05) is 59.8 Å². The number of nitrogens with one attached hydrogen (secondary N) is 2. The zero-order chi connectivity index (χ0) is 36.0. The van der Waals surface area contributed by atoms with Crippen molar-refractivity contribution in [3.63, 3.8) is 0 Å². The predicted octanol–water partition coefficient (Wildman–Crippen LogP) is 9.87. The zero-order valence-electron chi connectivity index (χ0n) is 30.1. The molecule has 2 N–H and O–H groups in total. The molecule has 0 amide bonds. The topological polar surface area (TPSA) is 70.9 Å². The number of hydrogen-bond donors (Lipinski definition) is 2. The lowest BCUT2D eigenvalue weighted by Crippen LogP contribution is -2.23. The number of nitrogens with zero attached hydrogens (tertiary/aromatic N) is 3. The first-order valence-electron chi connectivity index (χ1n) is 16.4. The van der Waals surface area contributed by atoms with Crippen LogP contribution >= 0.6 is 11.8 Å². The Labute approximate surface area is 285 Å². The summed E-state index contributed by atoms with van der Waals surface area (Å²) >= 11 is -0.204. The van der Waals surface area contributed by atoms with Crippen LogP contribution in [-0.2, 0) is 0 Å². The molecule has 7 nitrogen and oxygen atoms in total. The minimum absolute atomic E-state index is 0.0297. The Kier molecular flexibility index (Phi) is 22.2. The fraction of sp³-hybridized carbons (Fsp3) is 0.556. The van der Waals surface area contributed by atoms with Crippen molar-refractivity contribution in [2.75, 3.05) is 45.4 Å². The van der Waals surface area contributed by atoms with Gasteiger partial charge in [-0.25, -0.2) is 4.52 Å². The van der Waals surface area contributed by atoms with E-state index in [4.69, 9.17) is 4.74 Å². The van der Waals surface area contributed by atoms with Gasteiger partial charge in [-0.15, -0.1) is 0 Å². The van der Waals surface area contributed by atoms with Gasteiger partial charge in [0.2, 0.25) is 0 Å². The molecule has 1 aromatic carbocycles. The van der Waals surface area contributed by atoms with Crippen LogP contribution in [-0.4, -0.2) is 67.1 Å². The van der Waals surface area contributed by atoms with Gasteiger partial charge in [-0.1, -0.05) is 79.7 Å². The van der Waals surface area contributed by atoms with Crippen LogP contribution in [0.3, 0.4) is 0 Å². The summed E-state index contributed by atoms with van der Waals surface area (Å²) in [5.74, 6) is 7.28. The van der Waals surface area contributed by atoms with Crippen molar-refractivity contribution >= 4 is 35.1 Å². The first kappa shape index (κ1) is 43.6. The molecule has 11 heteroatoms. The van der Waals surface area contributed by atoms with Crippen LogP contribution in [0.4, 0.5) is 24.7 Å². The molecule has 1 unspecified atom stereocenters. The fourth-order valence-corrected chi connectivity index (χ4v) is 5.00. The normalized spacial score (nSPS) is 11.1. The number of pyridine rings is 1. The molecule has 0 bridgehead atoms. The number of methoxy groups -OCH3 is 1. The van der Waals surface area contributed by atoms with Crippen LogP contribution < -0.4 is 15.4 Å². The molecule has 0 spiro atoms. The third-order valence-electron chi connectivity index (χ3n) is 6.03. The Morgan fingerprint density at radius 3 is 2.30 bits per heavy atom. The number of fused-ring (bicyclic) bond motifs is 1. The molecule has 0 saturated carbocycles. The molecule has 0 radical (unpaired) electrons. The molecular weight excluding hydrogens is 623 g/mol. The Balaban J connectivity index is 0.00000241. The monoisotopic (exact) mass is 679 g/mol. The maximum absolute atomic E-state index is 13.5. The van der Waals surface area contributed by atoms with Crippen molar-refractivity contribution in [2.45, 2.75) is 97.0 Å². The van der Waals surface area contributed by atoms with E-state index in [1.54, 1.807) is 30.3 Å². The van der Waals surface area contributed by atoms with E-state index in [2.05, 4.69) is 48.3 Å². The molecule has 3 aromatic rings. The van der Waals surface area contributed by atoms with Gasteiger partial charge < -0.3 is 20.3 Å². The van der Waals surface area contributed by atoms with Gasteiger partial charge in [0.05, 0.1) is 29.8 Å². The molecule has 264 valence electrons. The SMILES string of the molecule is CC.CC.CCCCCC(CC(C)C)Nc1cccc2c(SC(F)(F)F)c(C#CCNc3ccc(C=O)cc3OC)nn12.CN(C)C. The number of anilines is 2. The summed E-state index contributed by atoms with van der Waals surface area (Å²) in [4.78, 5) is 13.0. The average Bonchev–Trinajstić information content (AvgIpc) is 3.37. The summed E-state index contributed by atoms with van der Waals surface area (Å²) in [6.45, 7) is 14.6. The third kappa shape index (κ3) is 16.9. The molecule has 2 aromatic heterocycles. The Bertz CT molecular complexity index is 1360. The van der Waals surface area contributed by atoms with Crippen molar-refractivity contribution in [1.29, 1.82) is 0 Å². The van der Waals surface area contributed by atoms with Gasteiger partial charge in [-0.3, -0.25) is 4.79 Å². The summed E-state index contributed by atoms with van der Waals surface area (Å²) in [6.07, 6.45) is 5.97.